The smallest absolute Gasteiger partial charge is 0.386 e. The van der Waals surface area contributed by atoms with Crippen molar-refractivity contribution in [2.45, 2.75) is 43.8 Å². The summed E-state index contributed by atoms with van der Waals surface area (Å²) in [5.74, 6) is -1.90. The number of aliphatic hydroxyl groups is 2. The van der Waals surface area contributed by atoms with Gasteiger partial charge in [-0.15, -0.1) is 0 Å². The van der Waals surface area contributed by atoms with Crippen LogP contribution in [0.2, 0.25) is 0 Å². The fraction of sp³-hybridized carbons (Fsp3) is 0.692. The molecule has 0 aromatic heterocycles. The monoisotopic (exact) mass is 316 g/mol. The topological polar surface area (TPSA) is 40.5 Å². The van der Waals surface area contributed by atoms with Crippen molar-refractivity contribution >= 4 is 0 Å². The minimum absolute atomic E-state index is 0.00310. The van der Waals surface area contributed by atoms with E-state index in [0.717, 1.165) is 13.8 Å². The lowest BCUT2D eigenvalue weighted by atomic mass is 9.77. The third kappa shape index (κ3) is 2.19. The van der Waals surface area contributed by atoms with Crippen molar-refractivity contribution in [2.24, 2.45) is 11.8 Å². The first-order valence-corrected chi connectivity index (χ1v) is 6.22. The molecule has 0 amide bonds. The molecule has 2 aliphatic rings. The van der Waals surface area contributed by atoms with Crippen LogP contribution < -0.4 is 0 Å². The summed E-state index contributed by atoms with van der Waals surface area (Å²) >= 11 is 0. The first kappa shape index (κ1) is 16.4. The van der Waals surface area contributed by atoms with Crippen LogP contribution in [0.25, 0.3) is 0 Å². The molecule has 120 valence electrons. The maximum atomic E-state index is 13.0. The van der Waals surface area contributed by atoms with Gasteiger partial charge >= 0.3 is 12.4 Å². The van der Waals surface area contributed by atoms with Crippen molar-refractivity contribution in [3.05, 3.63) is 23.3 Å². The molecule has 0 saturated carbocycles. The summed E-state index contributed by atoms with van der Waals surface area (Å²) in [5.41, 5.74) is -8.40. The molecule has 2 rings (SSSR count). The third-order valence-corrected chi connectivity index (χ3v) is 3.98. The normalized spacial score (nSPS) is 27.0. The zero-order valence-corrected chi connectivity index (χ0v) is 11.2. The van der Waals surface area contributed by atoms with Gasteiger partial charge in [-0.3, -0.25) is 0 Å². The Hall–Kier alpha value is -1.02. The quantitative estimate of drug-likeness (QED) is 0.607. The van der Waals surface area contributed by atoms with Crippen molar-refractivity contribution < 1.29 is 36.6 Å². The van der Waals surface area contributed by atoms with Crippen molar-refractivity contribution in [2.75, 3.05) is 0 Å². The molecule has 0 saturated heterocycles. The lowest BCUT2D eigenvalue weighted by molar-refractivity contribution is -0.353. The van der Waals surface area contributed by atoms with Crippen molar-refractivity contribution in [1.29, 1.82) is 0 Å². The molecule has 2 aliphatic carbocycles. The molecule has 0 fully saturated rings. The first-order valence-electron chi connectivity index (χ1n) is 6.22. The van der Waals surface area contributed by atoms with Crippen LogP contribution in [-0.2, 0) is 0 Å². The van der Waals surface area contributed by atoms with Crippen molar-refractivity contribution in [1.82, 2.24) is 0 Å². The molecule has 0 heterocycles. The van der Waals surface area contributed by atoms with Gasteiger partial charge in [-0.1, -0.05) is 12.2 Å². The molecule has 0 aromatic rings. The lowest BCUT2D eigenvalue weighted by Crippen LogP contribution is -2.59. The van der Waals surface area contributed by atoms with E-state index in [-0.39, 0.29) is 6.42 Å². The highest BCUT2D eigenvalue weighted by Gasteiger charge is 2.74. The van der Waals surface area contributed by atoms with E-state index in [1.165, 1.54) is 12.2 Å². The number of fused-ring (bicyclic) bond motifs is 2. The minimum Gasteiger partial charge on any atom is -0.386 e. The number of allylic oxidation sites excluding steroid dienone is 2. The number of hydrogen-bond acceptors (Lipinski definition) is 2. The van der Waals surface area contributed by atoms with Crippen LogP contribution in [0.3, 0.4) is 0 Å². The third-order valence-electron chi connectivity index (χ3n) is 3.98. The van der Waals surface area contributed by atoms with Gasteiger partial charge in [0, 0.05) is 11.8 Å². The molecule has 0 aliphatic heterocycles. The van der Waals surface area contributed by atoms with Gasteiger partial charge in [0.1, 0.15) is 0 Å². The van der Waals surface area contributed by atoms with Gasteiger partial charge in [-0.25, -0.2) is 0 Å². The summed E-state index contributed by atoms with van der Waals surface area (Å²) in [6.45, 7) is 2.23. The van der Waals surface area contributed by atoms with Crippen LogP contribution in [-0.4, -0.2) is 33.8 Å². The van der Waals surface area contributed by atoms with Crippen molar-refractivity contribution in [3.63, 3.8) is 0 Å². The molecule has 0 aromatic carbocycles. The van der Waals surface area contributed by atoms with E-state index >= 15 is 0 Å². The second-order valence-electron chi connectivity index (χ2n) is 5.93. The Kier molecular flexibility index (Phi) is 3.31. The van der Waals surface area contributed by atoms with E-state index in [1.807, 2.05) is 0 Å². The van der Waals surface area contributed by atoms with Crippen LogP contribution in [0.4, 0.5) is 26.3 Å². The number of alkyl halides is 6. The van der Waals surface area contributed by atoms with Crippen LogP contribution >= 0.6 is 0 Å². The highest BCUT2D eigenvalue weighted by molar-refractivity contribution is 5.47. The average molecular weight is 316 g/mol. The Morgan fingerprint density at radius 2 is 1.24 bits per heavy atom. The summed E-state index contributed by atoms with van der Waals surface area (Å²) < 4.78 is 78.2. The fourth-order valence-corrected chi connectivity index (χ4v) is 3.24. The van der Waals surface area contributed by atoms with Gasteiger partial charge in [-0.05, 0) is 31.4 Å². The largest absolute Gasteiger partial charge is 0.430 e. The Morgan fingerprint density at radius 1 is 0.857 bits per heavy atom. The molecular formula is C13H14F6O2. The lowest BCUT2D eigenvalue weighted by Gasteiger charge is -2.38. The molecule has 0 radical (unpaired) electrons. The standard InChI is InChI=1S/C13H14F6O2/c1-10(2,20)8-6-3-4-7(5-6)9(8)11(21,12(14,15)16)13(17,18)19/h3-4,6-7,20-21H,5H2,1-2H3. The summed E-state index contributed by atoms with van der Waals surface area (Å²) in [7, 11) is 0. The second kappa shape index (κ2) is 4.25. The van der Waals surface area contributed by atoms with Gasteiger partial charge in [0.2, 0.25) is 0 Å². The maximum absolute atomic E-state index is 13.0. The van der Waals surface area contributed by atoms with E-state index in [0.29, 0.717) is 0 Å². The molecule has 2 unspecified atom stereocenters. The fourth-order valence-electron chi connectivity index (χ4n) is 3.24. The van der Waals surface area contributed by atoms with E-state index in [1.54, 1.807) is 0 Å². The summed E-state index contributed by atoms with van der Waals surface area (Å²) in [4.78, 5) is 0. The molecule has 2 bridgehead atoms. The van der Waals surface area contributed by atoms with Gasteiger partial charge < -0.3 is 10.2 Å². The Labute approximate surface area is 116 Å². The minimum atomic E-state index is -5.92. The molecule has 0 spiro atoms. The SMILES string of the molecule is CC(C)(O)C1=C(C(O)(C(F)(F)F)C(F)(F)F)C2C=CC1C2. The molecule has 2 nitrogen and oxygen atoms in total. The Bertz CT molecular complexity index is 492. The van der Waals surface area contributed by atoms with Crippen LogP contribution in [0.5, 0.6) is 0 Å². The summed E-state index contributed by atoms with van der Waals surface area (Å²) in [5, 5.41) is 19.6. The van der Waals surface area contributed by atoms with E-state index in [2.05, 4.69) is 0 Å². The summed E-state index contributed by atoms with van der Waals surface area (Å²) in [6.07, 6.45) is -9.15. The first-order chi connectivity index (χ1) is 9.21. The predicted octanol–water partition coefficient (Wildman–Crippen LogP) is 3.12. The van der Waals surface area contributed by atoms with Crippen LogP contribution in [0.1, 0.15) is 20.3 Å². The highest BCUT2D eigenvalue weighted by atomic mass is 19.4. The predicted molar refractivity (Wildman–Crippen MR) is 61.1 cm³/mol. The van der Waals surface area contributed by atoms with E-state index in [9.17, 15) is 36.6 Å². The average Bonchev–Trinajstić information content (AvgIpc) is 2.82. The number of hydrogen-bond donors (Lipinski definition) is 2. The van der Waals surface area contributed by atoms with Gasteiger partial charge in [0.05, 0.1) is 5.60 Å². The maximum Gasteiger partial charge on any atom is 0.430 e. The van der Waals surface area contributed by atoms with Gasteiger partial charge in [0.15, 0.2) is 0 Å². The van der Waals surface area contributed by atoms with Crippen LogP contribution in [0, 0.1) is 11.8 Å². The van der Waals surface area contributed by atoms with Gasteiger partial charge in [0.25, 0.3) is 5.60 Å². The molecule has 8 heteroatoms. The number of rotatable bonds is 2. The molecule has 21 heavy (non-hydrogen) atoms. The highest BCUT2D eigenvalue weighted by Crippen LogP contribution is 2.58. The van der Waals surface area contributed by atoms with E-state index in [4.69, 9.17) is 0 Å². The molecule has 2 atom stereocenters. The second-order valence-corrected chi connectivity index (χ2v) is 5.93. The summed E-state index contributed by atoms with van der Waals surface area (Å²) in [6, 6.07) is 0. The van der Waals surface area contributed by atoms with Crippen LogP contribution in [0.15, 0.2) is 23.3 Å². The Morgan fingerprint density at radius 3 is 1.57 bits per heavy atom. The molecule has 2 N–H and O–H groups in total. The number of halogens is 6. The van der Waals surface area contributed by atoms with E-state index < -0.39 is 46.5 Å². The Balaban J connectivity index is 2.73. The zero-order valence-electron chi connectivity index (χ0n) is 11.2. The van der Waals surface area contributed by atoms with Crippen molar-refractivity contribution in [3.8, 4) is 0 Å². The molecular weight excluding hydrogens is 302 g/mol. The van der Waals surface area contributed by atoms with Gasteiger partial charge in [-0.2, -0.15) is 26.3 Å². The zero-order chi connectivity index (χ0) is 16.4.